The van der Waals surface area contributed by atoms with Crippen molar-refractivity contribution in [3.05, 3.63) is 12.3 Å². The highest BCUT2D eigenvalue weighted by Gasteiger charge is 2.18. The Morgan fingerprint density at radius 2 is 1.71 bits per heavy atom. The van der Waals surface area contributed by atoms with Crippen LogP contribution in [0.15, 0.2) is 12.3 Å². The fraction of sp³-hybridized carbons (Fsp3) is 0.750. The monoisotopic (exact) mass is 291 g/mol. The van der Waals surface area contributed by atoms with E-state index < -0.39 is 0 Å². The first-order chi connectivity index (χ1) is 10.3. The van der Waals surface area contributed by atoms with E-state index in [-0.39, 0.29) is 0 Å². The van der Waals surface area contributed by atoms with Gasteiger partial charge in [-0.3, -0.25) is 0 Å². The molecule has 5 heteroatoms. The summed E-state index contributed by atoms with van der Waals surface area (Å²) in [4.78, 5) is 16.5. The molecule has 0 N–H and O–H groups in total. The van der Waals surface area contributed by atoms with Crippen LogP contribution in [0.25, 0.3) is 0 Å². The van der Waals surface area contributed by atoms with Gasteiger partial charge in [0.25, 0.3) is 0 Å². The van der Waals surface area contributed by atoms with Crippen LogP contribution in [-0.4, -0.2) is 60.7 Å². The fourth-order valence-electron chi connectivity index (χ4n) is 2.81. The van der Waals surface area contributed by atoms with E-state index in [4.69, 9.17) is 4.98 Å². The molecule has 5 nitrogen and oxygen atoms in total. The van der Waals surface area contributed by atoms with E-state index >= 15 is 0 Å². The molecule has 1 aromatic rings. The first kappa shape index (κ1) is 16.0. The first-order valence-electron chi connectivity index (χ1n) is 8.33. The summed E-state index contributed by atoms with van der Waals surface area (Å²) in [6.07, 6.45) is 4.16. The standard InChI is InChI=1S/C16H29N5/c1-4-9-21(10-5-2)16-17-8-7-15(18-16)20-13-11-19(6-3)12-14-20/h7-8H,4-6,9-14H2,1-3H3. The van der Waals surface area contributed by atoms with Crippen LogP contribution in [0.1, 0.15) is 33.6 Å². The fourth-order valence-corrected chi connectivity index (χ4v) is 2.81. The molecule has 0 saturated carbocycles. The molecule has 0 aliphatic carbocycles. The number of hydrogen-bond acceptors (Lipinski definition) is 5. The predicted molar refractivity (Wildman–Crippen MR) is 89.2 cm³/mol. The lowest BCUT2D eigenvalue weighted by molar-refractivity contribution is 0.270. The molecule has 2 heterocycles. The third-order valence-corrected chi connectivity index (χ3v) is 4.04. The maximum atomic E-state index is 4.81. The van der Waals surface area contributed by atoms with Crippen LogP contribution >= 0.6 is 0 Å². The summed E-state index contributed by atoms with van der Waals surface area (Å²) in [5, 5.41) is 0. The quantitative estimate of drug-likeness (QED) is 0.770. The zero-order valence-corrected chi connectivity index (χ0v) is 13.8. The maximum absolute atomic E-state index is 4.81. The molecule has 1 aliphatic heterocycles. The first-order valence-corrected chi connectivity index (χ1v) is 8.33. The molecular formula is C16H29N5. The van der Waals surface area contributed by atoms with E-state index in [1.807, 2.05) is 12.3 Å². The minimum atomic E-state index is 0.883. The van der Waals surface area contributed by atoms with Crippen molar-refractivity contribution in [2.75, 3.05) is 55.6 Å². The van der Waals surface area contributed by atoms with Crippen LogP contribution in [0.4, 0.5) is 11.8 Å². The van der Waals surface area contributed by atoms with E-state index in [0.29, 0.717) is 0 Å². The number of piperazine rings is 1. The van der Waals surface area contributed by atoms with Gasteiger partial charge in [0.05, 0.1) is 0 Å². The van der Waals surface area contributed by atoms with Crippen LogP contribution in [-0.2, 0) is 0 Å². The summed E-state index contributed by atoms with van der Waals surface area (Å²) in [6.45, 7) is 14.2. The Morgan fingerprint density at radius 3 is 2.29 bits per heavy atom. The Morgan fingerprint density at radius 1 is 1.05 bits per heavy atom. The maximum Gasteiger partial charge on any atom is 0.227 e. The smallest absolute Gasteiger partial charge is 0.227 e. The molecule has 0 radical (unpaired) electrons. The van der Waals surface area contributed by atoms with E-state index in [9.17, 15) is 0 Å². The molecule has 2 rings (SSSR count). The highest BCUT2D eigenvalue weighted by Crippen LogP contribution is 2.17. The number of anilines is 2. The molecule has 0 atom stereocenters. The van der Waals surface area contributed by atoms with Crippen molar-refractivity contribution >= 4 is 11.8 Å². The largest absolute Gasteiger partial charge is 0.354 e. The molecule has 0 bridgehead atoms. The molecule has 1 aliphatic rings. The average Bonchev–Trinajstić information content (AvgIpc) is 2.55. The molecule has 0 amide bonds. The number of nitrogens with zero attached hydrogens (tertiary/aromatic N) is 5. The van der Waals surface area contributed by atoms with E-state index in [2.05, 4.69) is 40.5 Å². The van der Waals surface area contributed by atoms with Crippen LogP contribution in [0.3, 0.4) is 0 Å². The summed E-state index contributed by atoms with van der Waals surface area (Å²) in [7, 11) is 0. The summed E-state index contributed by atoms with van der Waals surface area (Å²) >= 11 is 0. The Balaban J connectivity index is 2.06. The van der Waals surface area contributed by atoms with Gasteiger partial charge >= 0.3 is 0 Å². The Hall–Kier alpha value is -1.36. The van der Waals surface area contributed by atoms with Crippen molar-refractivity contribution in [2.24, 2.45) is 0 Å². The van der Waals surface area contributed by atoms with E-state index in [0.717, 1.165) is 70.4 Å². The normalized spacial score (nSPS) is 16.2. The summed E-state index contributed by atoms with van der Waals surface area (Å²) in [5.74, 6) is 1.96. The zero-order valence-electron chi connectivity index (χ0n) is 13.8. The third-order valence-electron chi connectivity index (χ3n) is 4.04. The summed E-state index contributed by atoms with van der Waals surface area (Å²) in [5.41, 5.74) is 0. The second-order valence-electron chi connectivity index (χ2n) is 5.62. The van der Waals surface area contributed by atoms with Crippen molar-refractivity contribution in [3.63, 3.8) is 0 Å². The van der Waals surface area contributed by atoms with Crippen molar-refractivity contribution in [1.82, 2.24) is 14.9 Å². The number of rotatable bonds is 7. The van der Waals surface area contributed by atoms with Crippen LogP contribution in [0.2, 0.25) is 0 Å². The molecule has 1 saturated heterocycles. The molecule has 1 fully saturated rings. The lowest BCUT2D eigenvalue weighted by Gasteiger charge is -2.35. The molecule has 0 aromatic carbocycles. The van der Waals surface area contributed by atoms with Gasteiger partial charge in [0, 0.05) is 45.5 Å². The lowest BCUT2D eigenvalue weighted by atomic mass is 10.3. The highest BCUT2D eigenvalue weighted by atomic mass is 15.3. The number of aromatic nitrogens is 2. The highest BCUT2D eigenvalue weighted by molar-refractivity contribution is 5.44. The van der Waals surface area contributed by atoms with Crippen LogP contribution in [0.5, 0.6) is 0 Å². The van der Waals surface area contributed by atoms with Gasteiger partial charge < -0.3 is 14.7 Å². The third kappa shape index (κ3) is 4.30. The van der Waals surface area contributed by atoms with Gasteiger partial charge in [-0.1, -0.05) is 20.8 Å². The van der Waals surface area contributed by atoms with Crippen molar-refractivity contribution in [1.29, 1.82) is 0 Å². The molecule has 0 unspecified atom stereocenters. The molecule has 1 aromatic heterocycles. The van der Waals surface area contributed by atoms with Gasteiger partial charge in [-0.25, -0.2) is 4.98 Å². The van der Waals surface area contributed by atoms with Gasteiger partial charge in [-0.2, -0.15) is 4.98 Å². The zero-order chi connectivity index (χ0) is 15.1. The molecule has 0 spiro atoms. The Labute approximate surface area is 129 Å². The number of likely N-dealkylation sites (N-methyl/N-ethyl adjacent to an activating group) is 1. The predicted octanol–water partition coefficient (Wildman–Crippen LogP) is 2.24. The van der Waals surface area contributed by atoms with Crippen molar-refractivity contribution < 1.29 is 0 Å². The minimum Gasteiger partial charge on any atom is -0.354 e. The van der Waals surface area contributed by atoms with E-state index in [1.54, 1.807) is 0 Å². The lowest BCUT2D eigenvalue weighted by Crippen LogP contribution is -2.46. The molecule has 118 valence electrons. The Bertz CT molecular complexity index is 409. The minimum absolute atomic E-state index is 0.883. The summed E-state index contributed by atoms with van der Waals surface area (Å²) < 4.78 is 0. The number of hydrogen-bond donors (Lipinski definition) is 0. The molecular weight excluding hydrogens is 262 g/mol. The van der Waals surface area contributed by atoms with Gasteiger partial charge in [-0.15, -0.1) is 0 Å². The van der Waals surface area contributed by atoms with Crippen LogP contribution < -0.4 is 9.80 Å². The topological polar surface area (TPSA) is 35.5 Å². The SMILES string of the molecule is CCCN(CCC)c1nccc(N2CCN(CC)CC2)n1. The molecule has 21 heavy (non-hydrogen) atoms. The van der Waals surface area contributed by atoms with Crippen molar-refractivity contribution in [2.45, 2.75) is 33.6 Å². The van der Waals surface area contributed by atoms with Crippen molar-refractivity contribution in [3.8, 4) is 0 Å². The van der Waals surface area contributed by atoms with Gasteiger partial charge in [0.15, 0.2) is 0 Å². The van der Waals surface area contributed by atoms with Gasteiger partial charge in [0.2, 0.25) is 5.95 Å². The van der Waals surface area contributed by atoms with Gasteiger partial charge in [0.1, 0.15) is 5.82 Å². The average molecular weight is 291 g/mol. The van der Waals surface area contributed by atoms with Gasteiger partial charge in [-0.05, 0) is 25.5 Å². The second kappa shape index (κ2) is 8.17. The van der Waals surface area contributed by atoms with Crippen LogP contribution in [0, 0.1) is 0 Å². The second-order valence-corrected chi connectivity index (χ2v) is 5.62. The Kier molecular flexibility index (Phi) is 6.23. The summed E-state index contributed by atoms with van der Waals surface area (Å²) in [6, 6.07) is 2.04. The van der Waals surface area contributed by atoms with E-state index in [1.165, 1.54) is 0 Å².